The zero-order valence-electron chi connectivity index (χ0n) is 13.6. The van der Waals surface area contributed by atoms with Crippen LogP contribution in [0, 0.1) is 0 Å². The average Bonchev–Trinajstić information content (AvgIpc) is 2.54. The molecule has 2 heterocycles. The van der Waals surface area contributed by atoms with E-state index in [1.165, 1.54) is 0 Å². The van der Waals surface area contributed by atoms with Crippen molar-refractivity contribution in [3.8, 4) is 11.5 Å². The smallest absolute Gasteiger partial charge is 0.257 e. The van der Waals surface area contributed by atoms with Gasteiger partial charge in [0.15, 0.2) is 11.5 Å². The van der Waals surface area contributed by atoms with E-state index in [2.05, 4.69) is 31.1 Å². The van der Waals surface area contributed by atoms with E-state index >= 15 is 0 Å². The summed E-state index contributed by atoms with van der Waals surface area (Å²) in [4.78, 5) is 16.7. The van der Waals surface area contributed by atoms with Gasteiger partial charge in [-0.3, -0.25) is 9.78 Å². The Morgan fingerprint density at radius 3 is 2.48 bits per heavy atom. The summed E-state index contributed by atoms with van der Waals surface area (Å²) in [5.74, 6) is 1.15. The van der Waals surface area contributed by atoms with Crippen LogP contribution in [0.1, 0.15) is 36.8 Å². The minimum atomic E-state index is -0.199. The zero-order chi connectivity index (χ0) is 16.4. The first kappa shape index (κ1) is 15.3. The number of aromatic nitrogens is 1. The van der Waals surface area contributed by atoms with Gasteiger partial charge in [0.1, 0.15) is 13.2 Å². The van der Waals surface area contributed by atoms with Crippen LogP contribution in [0.5, 0.6) is 11.5 Å². The number of carbonyl (C=O) groups is 1. The Kier molecular flexibility index (Phi) is 3.94. The highest BCUT2D eigenvalue weighted by Gasteiger charge is 2.17. The molecule has 0 atom stereocenters. The number of anilines is 1. The molecule has 0 bridgehead atoms. The van der Waals surface area contributed by atoms with Gasteiger partial charge in [0, 0.05) is 29.1 Å². The van der Waals surface area contributed by atoms with E-state index in [0.717, 1.165) is 5.69 Å². The highest BCUT2D eigenvalue weighted by molar-refractivity contribution is 6.04. The molecule has 0 radical (unpaired) electrons. The van der Waals surface area contributed by atoms with E-state index in [0.29, 0.717) is 36.0 Å². The predicted octanol–water partition coefficient (Wildman–Crippen LogP) is 3.40. The van der Waals surface area contributed by atoms with Crippen LogP contribution >= 0.6 is 0 Å². The molecule has 1 aromatic carbocycles. The van der Waals surface area contributed by atoms with Crippen molar-refractivity contribution in [1.82, 2.24) is 4.98 Å². The molecule has 0 unspecified atom stereocenters. The summed E-state index contributed by atoms with van der Waals surface area (Å²) in [7, 11) is 0. The number of carbonyl (C=O) groups excluding carboxylic acids is 1. The Hall–Kier alpha value is -2.56. The maximum Gasteiger partial charge on any atom is 0.257 e. The fraction of sp³-hybridized carbons (Fsp3) is 0.333. The van der Waals surface area contributed by atoms with Gasteiger partial charge < -0.3 is 14.8 Å². The van der Waals surface area contributed by atoms with E-state index in [9.17, 15) is 4.79 Å². The molecule has 5 nitrogen and oxygen atoms in total. The van der Waals surface area contributed by atoms with Gasteiger partial charge in [0.25, 0.3) is 5.91 Å². The third kappa shape index (κ3) is 3.44. The summed E-state index contributed by atoms with van der Waals surface area (Å²) in [6.45, 7) is 7.33. The largest absolute Gasteiger partial charge is 0.486 e. The number of benzene rings is 1. The van der Waals surface area contributed by atoms with Crippen molar-refractivity contribution in [3.63, 3.8) is 0 Å². The number of nitrogens with zero attached hydrogens (tertiary/aromatic N) is 1. The van der Waals surface area contributed by atoms with Gasteiger partial charge in [-0.1, -0.05) is 20.8 Å². The number of hydrogen-bond acceptors (Lipinski definition) is 4. The maximum absolute atomic E-state index is 12.3. The first-order chi connectivity index (χ1) is 10.9. The first-order valence-corrected chi connectivity index (χ1v) is 7.61. The molecule has 1 aromatic heterocycles. The summed E-state index contributed by atoms with van der Waals surface area (Å²) in [5, 5.41) is 2.85. The Bertz CT molecular complexity index is 718. The van der Waals surface area contributed by atoms with Crippen molar-refractivity contribution in [1.29, 1.82) is 0 Å². The summed E-state index contributed by atoms with van der Waals surface area (Å²) in [6.07, 6.45) is 1.61. The Morgan fingerprint density at radius 1 is 1.09 bits per heavy atom. The molecule has 1 aliphatic rings. The molecule has 3 rings (SSSR count). The fourth-order valence-electron chi connectivity index (χ4n) is 2.30. The number of rotatable bonds is 2. The standard InChI is InChI=1S/C18H20N2O3/c1-18(2,3)16-7-4-12(11-19-16)17(21)20-13-5-6-14-15(10-13)23-9-8-22-14/h4-7,10-11H,8-9H2,1-3H3,(H,20,21). The Labute approximate surface area is 135 Å². The van der Waals surface area contributed by atoms with Crippen LogP contribution in [0.4, 0.5) is 5.69 Å². The summed E-state index contributed by atoms with van der Waals surface area (Å²) < 4.78 is 11.0. The minimum Gasteiger partial charge on any atom is -0.486 e. The number of nitrogens with one attached hydrogen (secondary N) is 1. The number of hydrogen-bond donors (Lipinski definition) is 1. The Morgan fingerprint density at radius 2 is 1.83 bits per heavy atom. The summed E-state index contributed by atoms with van der Waals surface area (Å²) >= 11 is 0. The van der Waals surface area contributed by atoms with Crippen LogP contribution in [-0.2, 0) is 5.41 Å². The lowest BCUT2D eigenvalue weighted by atomic mass is 9.91. The van der Waals surface area contributed by atoms with E-state index in [1.54, 1.807) is 30.5 Å². The highest BCUT2D eigenvalue weighted by Crippen LogP contribution is 2.32. The van der Waals surface area contributed by atoms with E-state index in [-0.39, 0.29) is 11.3 Å². The fourth-order valence-corrected chi connectivity index (χ4v) is 2.30. The second kappa shape index (κ2) is 5.91. The molecule has 1 aliphatic heterocycles. The molecule has 1 N–H and O–H groups in total. The molecular formula is C18H20N2O3. The lowest BCUT2D eigenvalue weighted by Gasteiger charge is -2.19. The second-order valence-electron chi connectivity index (χ2n) is 6.49. The molecule has 0 aliphatic carbocycles. The molecule has 0 saturated heterocycles. The SMILES string of the molecule is CC(C)(C)c1ccc(C(=O)Nc2ccc3c(c2)OCCO3)cn1. The lowest BCUT2D eigenvalue weighted by Crippen LogP contribution is -2.17. The van der Waals surface area contributed by atoms with Crippen LogP contribution in [0.15, 0.2) is 36.5 Å². The van der Waals surface area contributed by atoms with Crippen LogP contribution in [0.25, 0.3) is 0 Å². The van der Waals surface area contributed by atoms with Crippen LogP contribution in [0.3, 0.4) is 0 Å². The minimum absolute atomic E-state index is 0.0369. The van der Waals surface area contributed by atoms with Gasteiger partial charge in [0.2, 0.25) is 0 Å². The van der Waals surface area contributed by atoms with Gasteiger partial charge in [-0.25, -0.2) is 0 Å². The molecule has 0 spiro atoms. The second-order valence-corrected chi connectivity index (χ2v) is 6.49. The van der Waals surface area contributed by atoms with Gasteiger partial charge in [-0.05, 0) is 24.3 Å². The van der Waals surface area contributed by atoms with E-state index in [1.807, 2.05) is 6.07 Å². The Balaban J connectivity index is 1.74. The van der Waals surface area contributed by atoms with E-state index < -0.39 is 0 Å². The van der Waals surface area contributed by atoms with Gasteiger partial charge in [-0.2, -0.15) is 0 Å². The third-order valence-electron chi connectivity index (χ3n) is 3.59. The molecule has 5 heteroatoms. The topological polar surface area (TPSA) is 60.5 Å². The molecule has 23 heavy (non-hydrogen) atoms. The zero-order valence-corrected chi connectivity index (χ0v) is 13.6. The van der Waals surface area contributed by atoms with Gasteiger partial charge >= 0.3 is 0 Å². The lowest BCUT2D eigenvalue weighted by molar-refractivity contribution is 0.102. The van der Waals surface area contributed by atoms with Crippen LogP contribution in [0.2, 0.25) is 0 Å². The normalized spacial score (nSPS) is 13.5. The van der Waals surface area contributed by atoms with Crippen molar-refractivity contribution >= 4 is 11.6 Å². The average molecular weight is 312 g/mol. The number of fused-ring (bicyclic) bond motifs is 1. The third-order valence-corrected chi connectivity index (χ3v) is 3.59. The predicted molar refractivity (Wildman–Crippen MR) is 88.3 cm³/mol. The number of pyridine rings is 1. The van der Waals surface area contributed by atoms with Crippen molar-refractivity contribution in [2.24, 2.45) is 0 Å². The van der Waals surface area contributed by atoms with E-state index in [4.69, 9.17) is 9.47 Å². The summed E-state index contributed by atoms with van der Waals surface area (Å²) in [5.41, 5.74) is 2.10. The van der Waals surface area contributed by atoms with Gasteiger partial charge in [0.05, 0.1) is 5.56 Å². The van der Waals surface area contributed by atoms with Crippen molar-refractivity contribution in [2.45, 2.75) is 26.2 Å². The quantitative estimate of drug-likeness (QED) is 0.923. The molecule has 0 fully saturated rings. The molecule has 0 saturated carbocycles. The van der Waals surface area contributed by atoms with Crippen molar-refractivity contribution in [3.05, 3.63) is 47.8 Å². The molecular weight excluding hydrogens is 292 g/mol. The molecule has 2 aromatic rings. The van der Waals surface area contributed by atoms with Crippen molar-refractivity contribution < 1.29 is 14.3 Å². The van der Waals surface area contributed by atoms with Crippen molar-refractivity contribution in [2.75, 3.05) is 18.5 Å². The number of amides is 1. The number of ether oxygens (including phenoxy) is 2. The van der Waals surface area contributed by atoms with Crippen LogP contribution in [-0.4, -0.2) is 24.1 Å². The van der Waals surface area contributed by atoms with Crippen LogP contribution < -0.4 is 14.8 Å². The monoisotopic (exact) mass is 312 g/mol. The van der Waals surface area contributed by atoms with Gasteiger partial charge in [-0.15, -0.1) is 0 Å². The first-order valence-electron chi connectivity index (χ1n) is 7.61. The maximum atomic E-state index is 12.3. The highest BCUT2D eigenvalue weighted by atomic mass is 16.6. The summed E-state index contributed by atoms with van der Waals surface area (Å²) in [6, 6.07) is 9.04. The molecule has 120 valence electrons. The molecule has 1 amide bonds.